The van der Waals surface area contributed by atoms with Crippen LogP contribution in [0.4, 0.5) is 0 Å². The maximum Gasteiger partial charge on any atom is 0.261 e. The molecule has 0 spiro atoms. The second-order valence-electron chi connectivity index (χ2n) is 6.19. The van der Waals surface area contributed by atoms with Gasteiger partial charge >= 0.3 is 0 Å². The number of fused-ring (bicyclic) bond motifs is 1. The van der Waals surface area contributed by atoms with Gasteiger partial charge in [-0.2, -0.15) is 0 Å². The van der Waals surface area contributed by atoms with E-state index in [9.17, 15) is 4.79 Å². The Morgan fingerprint density at radius 2 is 2.17 bits per heavy atom. The van der Waals surface area contributed by atoms with Gasteiger partial charge < -0.3 is 10.1 Å². The number of nitrogens with one attached hydrogen (secondary N) is 1. The number of amides is 1. The van der Waals surface area contributed by atoms with Crippen molar-refractivity contribution in [3.63, 3.8) is 0 Å². The van der Waals surface area contributed by atoms with Crippen LogP contribution in [0.1, 0.15) is 54.8 Å². The third-order valence-corrected chi connectivity index (χ3v) is 5.81. The smallest absolute Gasteiger partial charge is 0.261 e. The van der Waals surface area contributed by atoms with Gasteiger partial charge in [-0.25, -0.2) is 9.97 Å². The molecule has 3 rings (SSSR count). The predicted molar refractivity (Wildman–Crippen MR) is 92.2 cm³/mol. The average Bonchev–Trinajstić information content (AvgIpc) is 2.88. The van der Waals surface area contributed by atoms with Crippen molar-refractivity contribution in [2.75, 3.05) is 6.61 Å². The molecule has 5 nitrogen and oxygen atoms in total. The molecule has 0 aromatic carbocycles. The summed E-state index contributed by atoms with van der Waals surface area (Å²) in [6.45, 7) is 6.64. The zero-order valence-electron chi connectivity index (χ0n) is 13.9. The second-order valence-corrected chi connectivity index (χ2v) is 7.19. The van der Waals surface area contributed by atoms with Crippen LogP contribution < -0.4 is 10.1 Å². The van der Waals surface area contributed by atoms with Gasteiger partial charge in [0.15, 0.2) is 0 Å². The fourth-order valence-electron chi connectivity index (χ4n) is 3.27. The highest BCUT2D eigenvalue weighted by molar-refractivity contribution is 7.20. The van der Waals surface area contributed by atoms with E-state index in [4.69, 9.17) is 4.74 Å². The number of hydrogen-bond donors (Lipinski definition) is 1. The van der Waals surface area contributed by atoms with Crippen molar-refractivity contribution in [3.05, 3.63) is 16.8 Å². The molecule has 1 N–H and O–H groups in total. The van der Waals surface area contributed by atoms with Crippen molar-refractivity contribution in [1.29, 1.82) is 0 Å². The number of hydrogen-bond acceptors (Lipinski definition) is 5. The molecule has 0 saturated heterocycles. The Hall–Kier alpha value is -1.69. The third kappa shape index (κ3) is 3.17. The fraction of sp³-hybridized carbons (Fsp3) is 0.588. The first-order chi connectivity index (χ1) is 11.1. The lowest BCUT2D eigenvalue weighted by Crippen LogP contribution is -2.40. The summed E-state index contributed by atoms with van der Waals surface area (Å²) in [5.74, 6) is 1.11. The monoisotopic (exact) mass is 333 g/mol. The Bertz CT molecular complexity index is 713. The minimum Gasteiger partial charge on any atom is -0.477 e. The molecule has 1 aliphatic carbocycles. The summed E-state index contributed by atoms with van der Waals surface area (Å²) in [6.07, 6.45) is 6.22. The SMILES string of the molecule is CCOc1ncnc2sc(C(=O)NC3CCCCC3C)c(C)c12. The van der Waals surface area contributed by atoms with Crippen LogP contribution in [-0.2, 0) is 0 Å². The molecule has 1 fully saturated rings. The molecule has 2 atom stereocenters. The highest BCUT2D eigenvalue weighted by Crippen LogP contribution is 2.34. The largest absolute Gasteiger partial charge is 0.477 e. The van der Waals surface area contributed by atoms with Gasteiger partial charge in [-0.15, -0.1) is 11.3 Å². The van der Waals surface area contributed by atoms with Gasteiger partial charge in [-0.1, -0.05) is 19.8 Å². The quantitative estimate of drug-likeness (QED) is 0.926. The number of aromatic nitrogens is 2. The highest BCUT2D eigenvalue weighted by Gasteiger charge is 2.26. The molecule has 23 heavy (non-hydrogen) atoms. The summed E-state index contributed by atoms with van der Waals surface area (Å²) in [5, 5.41) is 4.08. The summed E-state index contributed by atoms with van der Waals surface area (Å²) in [5.41, 5.74) is 0.912. The van der Waals surface area contributed by atoms with Gasteiger partial charge in [0.2, 0.25) is 5.88 Å². The Balaban J connectivity index is 1.89. The lowest BCUT2D eigenvalue weighted by molar-refractivity contribution is 0.0914. The van der Waals surface area contributed by atoms with E-state index in [1.165, 1.54) is 36.9 Å². The van der Waals surface area contributed by atoms with Crippen LogP contribution in [0, 0.1) is 12.8 Å². The average molecular weight is 333 g/mol. The molecule has 1 saturated carbocycles. The summed E-state index contributed by atoms with van der Waals surface area (Å²) >= 11 is 1.42. The lowest BCUT2D eigenvalue weighted by Gasteiger charge is -2.29. The van der Waals surface area contributed by atoms with E-state index in [0.29, 0.717) is 18.4 Å². The number of ether oxygens (including phenoxy) is 1. The van der Waals surface area contributed by atoms with Crippen LogP contribution in [0.2, 0.25) is 0 Å². The Morgan fingerprint density at radius 3 is 2.91 bits per heavy atom. The molecule has 0 aliphatic heterocycles. The molecule has 1 aliphatic rings. The second kappa shape index (κ2) is 6.83. The first-order valence-electron chi connectivity index (χ1n) is 8.29. The topological polar surface area (TPSA) is 64.1 Å². The van der Waals surface area contributed by atoms with Crippen molar-refractivity contribution in [3.8, 4) is 5.88 Å². The van der Waals surface area contributed by atoms with E-state index >= 15 is 0 Å². The van der Waals surface area contributed by atoms with E-state index in [1.807, 2.05) is 13.8 Å². The normalized spacial score (nSPS) is 21.3. The summed E-state index contributed by atoms with van der Waals surface area (Å²) in [7, 11) is 0. The van der Waals surface area contributed by atoms with Gasteiger partial charge in [0, 0.05) is 6.04 Å². The maximum absolute atomic E-state index is 12.7. The van der Waals surface area contributed by atoms with Crippen LogP contribution in [0.25, 0.3) is 10.2 Å². The first kappa shape index (κ1) is 16.2. The van der Waals surface area contributed by atoms with Gasteiger partial charge in [0.1, 0.15) is 11.2 Å². The van der Waals surface area contributed by atoms with Crippen LogP contribution >= 0.6 is 11.3 Å². The fourth-order valence-corrected chi connectivity index (χ4v) is 4.31. The number of rotatable bonds is 4. The van der Waals surface area contributed by atoms with Gasteiger partial charge in [0.25, 0.3) is 5.91 Å². The molecule has 124 valence electrons. The number of nitrogens with zero attached hydrogens (tertiary/aromatic N) is 2. The molecule has 2 heterocycles. The molecule has 2 aromatic heterocycles. The highest BCUT2D eigenvalue weighted by atomic mass is 32.1. The van der Waals surface area contributed by atoms with E-state index in [2.05, 4.69) is 22.2 Å². The van der Waals surface area contributed by atoms with Crippen LogP contribution in [0.15, 0.2) is 6.33 Å². The lowest BCUT2D eigenvalue weighted by atomic mass is 9.86. The molecular formula is C17H23N3O2S. The number of carbonyl (C=O) groups excluding carboxylic acids is 1. The molecular weight excluding hydrogens is 310 g/mol. The van der Waals surface area contributed by atoms with E-state index < -0.39 is 0 Å². The van der Waals surface area contributed by atoms with Crippen LogP contribution in [0.3, 0.4) is 0 Å². The Labute approximate surface area is 140 Å². The summed E-state index contributed by atoms with van der Waals surface area (Å²) in [4.78, 5) is 22.8. The number of aryl methyl sites for hydroxylation is 1. The molecule has 0 radical (unpaired) electrons. The standard InChI is InChI=1S/C17H23N3O2S/c1-4-22-16-13-11(3)14(23-17(13)19-9-18-16)15(21)20-12-8-6-5-7-10(12)2/h9-10,12H,4-8H2,1-3H3,(H,20,21). The molecule has 2 aromatic rings. The van der Waals surface area contributed by atoms with E-state index in [1.54, 1.807) is 0 Å². The minimum absolute atomic E-state index is 0.00620. The van der Waals surface area contributed by atoms with Gasteiger partial charge in [-0.3, -0.25) is 4.79 Å². The van der Waals surface area contributed by atoms with Crippen molar-refractivity contribution < 1.29 is 9.53 Å². The molecule has 6 heteroatoms. The van der Waals surface area contributed by atoms with Crippen LogP contribution in [-0.4, -0.2) is 28.5 Å². The molecule has 2 unspecified atom stereocenters. The van der Waals surface area contributed by atoms with E-state index in [0.717, 1.165) is 27.1 Å². The predicted octanol–water partition coefficient (Wildman–Crippen LogP) is 3.71. The van der Waals surface area contributed by atoms with Crippen LogP contribution in [0.5, 0.6) is 5.88 Å². The van der Waals surface area contributed by atoms with Crippen molar-refractivity contribution in [2.45, 2.75) is 52.5 Å². The van der Waals surface area contributed by atoms with Crippen molar-refractivity contribution in [2.24, 2.45) is 5.92 Å². The summed E-state index contributed by atoms with van der Waals surface area (Å²) < 4.78 is 5.58. The first-order valence-corrected chi connectivity index (χ1v) is 9.11. The Morgan fingerprint density at radius 1 is 1.39 bits per heavy atom. The zero-order valence-corrected chi connectivity index (χ0v) is 14.7. The van der Waals surface area contributed by atoms with E-state index in [-0.39, 0.29) is 11.9 Å². The Kier molecular flexibility index (Phi) is 4.80. The number of carbonyl (C=O) groups is 1. The zero-order chi connectivity index (χ0) is 16.4. The molecule has 1 amide bonds. The van der Waals surface area contributed by atoms with Crippen molar-refractivity contribution in [1.82, 2.24) is 15.3 Å². The summed E-state index contributed by atoms with van der Waals surface area (Å²) in [6, 6.07) is 0.276. The molecule has 0 bridgehead atoms. The van der Waals surface area contributed by atoms with Gasteiger partial charge in [-0.05, 0) is 38.2 Å². The third-order valence-electron chi connectivity index (χ3n) is 4.61. The maximum atomic E-state index is 12.7. The minimum atomic E-state index is 0.00620. The van der Waals surface area contributed by atoms with Crippen molar-refractivity contribution >= 4 is 27.5 Å². The van der Waals surface area contributed by atoms with Gasteiger partial charge in [0.05, 0.1) is 16.9 Å². The number of thiophene rings is 1.